The molecule has 1 atom stereocenters. The number of benzene rings is 1. The van der Waals surface area contributed by atoms with Gasteiger partial charge in [0.25, 0.3) is 0 Å². The molecule has 0 bridgehead atoms. The summed E-state index contributed by atoms with van der Waals surface area (Å²) in [6, 6.07) is 4.89. The molecular formula is C13H16BrF3N2. The maximum absolute atomic E-state index is 13.3. The fraction of sp³-hybridized carbons (Fsp3) is 0.538. The molecule has 2 nitrogen and oxygen atoms in total. The Kier molecular flexibility index (Phi) is 4.53. The number of halogens is 4. The molecule has 0 spiro atoms. The van der Waals surface area contributed by atoms with Crippen molar-refractivity contribution in [3.05, 3.63) is 34.3 Å². The van der Waals surface area contributed by atoms with E-state index in [1.54, 1.807) is 24.3 Å². The first-order valence-corrected chi connectivity index (χ1v) is 6.92. The Morgan fingerprint density at radius 1 is 1.05 bits per heavy atom. The Labute approximate surface area is 119 Å². The Morgan fingerprint density at radius 3 is 2.05 bits per heavy atom. The van der Waals surface area contributed by atoms with Gasteiger partial charge in [-0.25, -0.2) is 0 Å². The summed E-state index contributed by atoms with van der Waals surface area (Å²) in [6.07, 6.45) is -4.25. The van der Waals surface area contributed by atoms with Crippen molar-refractivity contribution in [3.63, 3.8) is 0 Å². The van der Waals surface area contributed by atoms with Crippen LogP contribution in [-0.2, 0) is 0 Å². The zero-order chi connectivity index (χ0) is 14.0. The Morgan fingerprint density at radius 2 is 1.58 bits per heavy atom. The first kappa shape index (κ1) is 14.8. The van der Waals surface area contributed by atoms with Crippen LogP contribution in [0.2, 0.25) is 0 Å². The summed E-state index contributed by atoms with van der Waals surface area (Å²) >= 11 is 3.25. The van der Waals surface area contributed by atoms with Crippen molar-refractivity contribution in [2.24, 2.45) is 0 Å². The summed E-state index contributed by atoms with van der Waals surface area (Å²) in [5.41, 5.74) is 0.306. The van der Waals surface area contributed by atoms with E-state index in [2.05, 4.69) is 15.9 Å². The van der Waals surface area contributed by atoms with Crippen LogP contribution in [-0.4, -0.2) is 49.2 Å². The van der Waals surface area contributed by atoms with E-state index in [9.17, 15) is 13.2 Å². The van der Waals surface area contributed by atoms with Crippen LogP contribution in [0.3, 0.4) is 0 Å². The zero-order valence-electron chi connectivity index (χ0n) is 10.6. The molecule has 106 valence electrons. The van der Waals surface area contributed by atoms with Crippen LogP contribution in [0.5, 0.6) is 0 Å². The van der Waals surface area contributed by atoms with E-state index in [1.165, 1.54) is 4.90 Å². The van der Waals surface area contributed by atoms with Gasteiger partial charge in [-0.2, -0.15) is 13.2 Å². The lowest BCUT2D eigenvalue weighted by atomic mass is 10.0. The molecule has 1 saturated heterocycles. The molecule has 0 radical (unpaired) electrons. The van der Waals surface area contributed by atoms with Crippen LogP contribution < -0.4 is 0 Å². The topological polar surface area (TPSA) is 6.48 Å². The standard InChI is InChI=1S/C13H16BrF3N2/c1-18-6-8-19(9-7-18)12(13(15,16)17)10-2-4-11(14)5-3-10/h2-5,12H,6-9H2,1H3. The minimum atomic E-state index is -4.25. The summed E-state index contributed by atoms with van der Waals surface area (Å²) in [5, 5.41) is 0. The number of nitrogens with zero attached hydrogens (tertiary/aromatic N) is 2. The predicted octanol–water partition coefficient (Wildman–Crippen LogP) is 3.30. The van der Waals surface area contributed by atoms with Crippen LogP contribution in [0.25, 0.3) is 0 Å². The molecule has 1 aromatic rings. The SMILES string of the molecule is CN1CCN(C(c2ccc(Br)cc2)C(F)(F)F)CC1. The summed E-state index contributed by atoms with van der Waals surface area (Å²) in [4.78, 5) is 3.56. The molecule has 1 heterocycles. The van der Waals surface area contributed by atoms with E-state index < -0.39 is 12.2 Å². The second-order valence-electron chi connectivity index (χ2n) is 4.83. The number of alkyl halides is 3. The third-order valence-electron chi connectivity index (χ3n) is 3.40. The Balaban J connectivity index is 2.24. The van der Waals surface area contributed by atoms with E-state index in [0.717, 1.165) is 4.47 Å². The zero-order valence-corrected chi connectivity index (χ0v) is 12.2. The van der Waals surface area contributed by atoms with Crippen molar-refractivity contribution in [1.82, 2.24) is 9.80 Å². The van der Waals surface area contributed by atoms with Crippen LogP contribution in [0.15, 0.2) is 28.7 Å². The van der Waals surface area contributed by atoms with E-state index in [4.69, 9.17) is 0 Å². The second-order valence-corrected chi connectivity index (χ2v) is 5.75. The lowest BCUT2D eigenvalue weighted by Crippen LogP contribution is -2.49. The molecule has 1 aliphatic rings. The molecule has 1 fully saturated rings. The molecule has 1 aliphatic heterocycles. The van der Waals surface area contributed by atoms with E-state index >= 15 is 0 Å². The van der Waals surface area contributed by atoms with E-state index in [1.807, 2.05) is 11.9 Å². The van der Waals surface area contributed by atoms with Crippen molar-refractivity contribution in [3.8, 4) is 0 Å². The molecule has 0 aromatic heterocycles. The highest BCUT2D eigenvalue weighted by atomic mass is 79.9. The first-order valence-electron chi connectivity index (χ1n) is 6.12. The predicted molar refractivity (Wildman–Crippen MR) is 72.0 cm³/mol. The average molecular weight is 337 g/mol. The van der Waals surface area contributed by atoms with Gasteiger partial charge in [-0.3, -0.25) is 4.90 Å². The summed E-state index contributed by atoms with van der Waals surface area (Å²) < 4.78 is 40.8. The molecule has 19 heavy (non-hydrogen) atoms. The number of likely N-dealkylation sites (N-methyl/N-ethyl adjacent to an activating group) is 1. The Hall–Kier alpha value is -0.590. The maximum Gasteiger partial charge on any atom is 0.408 e. The number of piperazine rings is 1. The van der Waals surface area contributed by atoms with Crippen molar-refractivity contribution < 1.29 is 13.2 Å². The normalized spacial score (nSPS) is 20.5. The third-order valence-corrected chi connectivity index (χ3v) is 3.93. The van der Waals surface area contributed by atoms with Crippen molar-refractivity contribution in [1.29, 1.82) is 0 Å². The quantitative estimate of drug-likeness (QED) is 0.817. The van der Waals surface area contributed by atoms with E-state index in [0.29, 0.717) is 31.7 Å². The second kappa shape index (κ2) is 5.81. The fourth-order valence-electron chi connectivity index (χ4n) is 2.33. The van der Waals surface area contributed by atoms with Crippen molar-refractivity contribution in [2.75, 3.05) is 33.2 Å². The van der Waals surface area contributed by atoms with Gasteiger partial charge in [0.15, 0.2) is 0 Å². The van der Waals surface area contributed by atoms with Crippen LogP contribution in [0, 0.1) is 0 Å². The smallest absolute Gasteiger partial charge is 0.304 e. The third kappa shape index (κ3) is 3.70. The highest BCUT2D eigenvalue weighted by Crippen LogP contribution is 2.38. The molecule has 0 N–H and O–H groups in total. The van der Waals surface area contributed by atoms with Gasteiger partial charge in [0, 0.05) is 30.7 Å². The van der Waals surface area contributed by atoms with Gasteiger partial charge in [-0.1, -0.05) is 28.1 Å². The highest BCUT2D eigenvalue weighted by molar-refractivity contribution is 9.10. The van der Waals surface area contributed by atoms with Gasteiger partial charge in [0.2, 0.25) is 0 Å². The van der Waals surface area contributed by atoms with Gasteiger partial charge < -0.3 is 4.90 Å². The molecule has 0 saturated carbocycles. The van der Waals surface area contributed by atoms with Crippen molar-refractivity contribution in [2.45, 2.75) is 12.2 Å². The minimum Gasteiger partial charge on any atom is -0.304 e. The van der Waals surface area contributed by atoms with Gasteiger partial charge in [0.05, 0.1) is 0 Å². The summed E-state index contributed by atoms with van der Waals surface area (Å²) in [5.74, 6) is 0. The number of rotatable bonds is 2. The molecule has 0 amide bonds. The molecular weight excluding hydrogens is 321 g/mol. The molecule has 6 heteroatoms. The van der Waals surface area contributed by atoms with Crippen LogP contribution in [0.4, 0.5) is 13.2 Å². The Bertz CT molecular complexity index is 411. The summed E-state index contributed by atoms with van der Waals surface area (Å²) in [6.45, 7) is 2.22. The van der Waals surface area contributed by atoms with Gasteiger partial charge in [-0.05, 0) is 24.7 Å². The van der Waals surface area contributed by atoms with Crippen LogP contribution >= 0.6 is 15.9 Å². The highest BCUT2D eigenvalue weighted by Gasteiger charge is 2.45. The maximum atomic E-state index is 13.3. The van der Waals surface area contributed by atoms with E-state index in [-0.39, 0.29) is 0 Å². The molecule has 1 unspecified atom stereocenters. The number of hydrogen-bond donors (Lipinski definition) is 0. The fourth-order valence-corrected chi connectivity index (χ4v) is 2.60. The lowest BCUT2D eigenvalue weighted by molar-refractivity contribution is -0.190. The lowest BCUT2D eigenvalue weighted by Gasteiger charge is -2.38. The van der Waals surface area contributed by atoms with Crippen molar-refractivity contribution >= 4 is 15.9 Å². The number of hydrogen-bond acceptors (Lipinski definition) is 2. The molecule has 2 rings (SSSR count). The first-order chi connectivity index (χ1) is 8.88. The average Bonchev–Trinajstić information content (AvgIpc) is 2.33. The monoisotopic (exact) mass is 336 g/mol. The van der Waals surface area contributed by atoms with Gasteiger partial charge in [0.1, 0.15) is 6.04 Å². The summed E-state index contributed by atoms with van der Waals surface area (Å²) in [7, 11) is 1.93. The van der Waals surface area contributed by atoms with Gasteiger partial charge in [-0.15, -0.1) is 0 Å². The van der Waals surface area contributed by atoms with Crippen LogP contribution in [0.1, 0.15) is 11.6 Å². The largest absolute Gasteiger partial charge is 0.408 e. The van der Waals surface area contributed by atoms with Gasteiger partial charge >= 0.3 is 6.18 Å². The minimum absolute atomic E-state index is 0.306. The molecule has 0 aliphatic carbocycles. The molecule has 1 aromatic carbocycles.